The minimum atomic E-state index is -3.61. The highest BCUT2D eigenvalue weighted by Gasteiger charge is 2.40. The number of hydrogen-bond acceptors (Lipinski definition) is 7. The first-order valence-electron chi connectivity index (χ1n) is 8.02. The Bertz CT molecular complexity index is 1020. The van der Waals surface area contributed by atoms with Crippen LogP contribution in [0.2, 0.25) is 0 Å². The van der Waals surface area contributed by atoms with Gasteiger partial charge in [-0.05, 0) is 36.2 Å². The summed E-state index contributed by atoms with van der Waals surface area (Å²) in [5, 5.41) is 0. The van der Waals surface area contributed by atoms with Gasteiger partial charge < -0.3 is 5.73 Å². The van der Waals surface area contributed by atoms with Gasteiger partial charge >= 0.3 is 0 Å². The molecule has 1 aliphatic rings. The molecule has 27 heavy (non-hydrogen) atoms. The van der Waals surface area contributed by atoms with E-state index in [1.807, 2.05) is 0 Å². The number of carbonyl (C=O) groups excluding carboxylic acids is 1. The van der Waals surface area contributed by atoms with E-state index in [1.54, 1.807) is 13.0 Å². The molecule has 0 aromatic carbocycles. The number of pyridine rings is 2. The van der Waals surface area contributed by atoms with Crippen LogP contribution in [0.5, 0.6) is 0 Å². The van der Waals surface area contributed by atoms with Crippen molar-refractivity contribution in [3.63, 3.8) is 0 Å². The molecule has 8 nitrogen and oxygen atoms in total. The summed E-state index contributed by atoms with van der Waals surface area (Å²) in [5.41, 5.74) is 5.87. The number of halogens is 1. The second-order valence-electron chi connectivity index (χ2n) is 6.51. The van der Waals surface area contributed by atoms with E-state index in [0.717, 1.165) is 16.6 Å². The summed E-state index contributed by atoms with van der Waals surface area (Å²) in [6, 6.07) is 4.15. The third-order valence-corrected chi connectivity index (χ3v) is 6.31. The molecule has 2 N–H and O–H groups in total. The van der Waals surface area contributed by atoms with Crippen LogP contribution < -0.4 is 5.73 Å². The van der Waals surface area contributed by atoms with Crippen molar-refractivity contribution in [2.24, 2.45) is 10.7 Å². The predicted molar refractivity (Wildman–Crippen MR) is 97.0 cm³/mol. The molecule has 142 valence electrons. The number of carbonyl (C=O) groups is 1. The zero-order valence-electron chi connectivity index (χ0n) is 14.8. The maximum Gasteiger partial charge on any atom is 0.239 e. The van der Waals surface area contributed by atoms with Gasteiger partial charge in [-0.15, -0.1) is 0 Å². The van der Waals surface area contributed by atoms with Crippen LogP contribution in [0.25, 0.3) is 0 Å². The summed E-state index contributed by atoms with van der Waals surface area (Å²) in [6.45, 7) is 1.65. The Balaban J connectivity index is 1.89. The fourth-order valence-corrected chi connectivity index (χ4v) is 4.25. The Hall–Kier alpha value is -2.88. The number of aliphatic imine (C=N–C) groups is 1. The fourth-order valence-electron chi connectivity index (χ4n) is 2.79. The largest absolute Gasteiger partial charge is 0.369 e. The van der Waals surface area contributed by atoms with Crippen molar-refractivity contribution in [2.45, 2.75) is 18.9 Å². The number of sulfonamides is 1. The molecule has 3 heterocycles. The number of rotatable bonds is 4. The molecule has 0 unspecified atom stereocenters. The highest BCUT2D eigenvalue weighted by Crippen LogP contribution is 2.31. The lowest BCUT2D eigenvalue weighted by atomic mass is 9.94. The Morgan fingerprint density at radius 1 is 1.33 bits per heavy atom. The molecule has 2 aromatic rings. The van der Waals surface area contributed by atoms with Gasteiger partial charge in [0.25, 0.3) is 0 Å². The third-order valence-electron chi connectivity index (χ3n) is 4.36. The number of guanidine groups is 1. The molecule has 0 fully saturated rings. The van der Waals surface area contributed by atoms with Gasteiger partial charge in [0.05, 0.1) is 11.9 Å². The number of hydrogen-bond donors (Lipinski definition) is 1. The molecule has 10 heteroatoms. The SMILES string of the molecule is CN1C(N)=N[C@](C)(c2cncc(CC(=O)c3ccc(F)cn3)c2)CS1(=O)=O. The zero-order valence-corrected chi connectivity index (χ0v) is 15.6. The van der Waals surface area contributed by atoms with E-state index >= 15 is 0 Å². The molecule has 0 bridgehead atoms. The van der Waals surface area contributed by atoms with E-state index in [-0.39, 0.29) is 29.6 Å². The normalized spacial score (nSPS) is 21.6. The average molecular weight is 391 g/mol. The van der Waals surface area contributed by atoms with Crippen molar-refractivity contribution in [2.75, 3.05) is 12.8 Å². The van der Waals surface area contributed by atoms with Crippen molar-refractivity contribution >= 4 is 21.8 Å². The Morgan fingerprint density at radius 2 is 2.07 bits per heavy atom. The third kappa shape index (κ3) is 3.80. The van der Waals surface area contributed by atoms with Crippen LogP contribution in [0, 0.1) is 5.82 Å². The molecule has 0 saturated carbocycles. The average Bonchev–Trinajstić information content (AvgIpc) is 2.60. The quantitative estimate of drug-likeness (QED) is 0.772. The predicted octanol–water partition coefficient (Wildman–Crippen LogP) is 0.846. The van der Waals surface area contributed by atoms with Crippen molar-refractivity contribution in [1.82, 2.24) is 14.3 Å². The highest BCUT2D eigenvalue weighted by molar-refractivity contribution is 7.89. The highest BCUT2D eigenvalue weighted by atomic mass is 32.2. The van der Waals surface area contributed by atoms with Crippen LogP contribution in [0.1, 0.15) is 28.5 Å². The molecule has 0 spiro atoms. The number of nitrogens with zero attached hydrogens (tertiary/aromatic N) is 4. The first kappa shape index (κ1) is 18.9. The monoisotopic (exact) mass is 391 g/mol. The minimum absolute atomic E-state index is 0.0125. The molecule has 3 rings (SSSR count). The molecular weight excluding hydrogens is 373 g/mol. The van der Waals surface area contributed by atoms with Crippen molar-refractivity contribution < 1.29 is 17.6 Å². The van der Waals surface area contributed by atoms with Gasteiger partial charge in [0.2, 0.25) is 16.0 Å². The Labute approximate surface area is 156 Å². The first-order valence-corrected chi connectivity index (χ1v) is 9.63. The van der Waals surface area contributed by atoms with Gasteiger partial charge in [-0.1, -0.05) is 0 Å². The van der Waals surface area contributed by atoms with Gasteiger partial charge in [0, 0.05) is 25.9 Å². The van der Waals surface area contributed by atoms with E-state index in [2.05, 4.69) is 15.0 Å². The van der Waals surface area contributed by atoms with E-state index < -0.39 is 21.4 Å². The van der Waals surface area contributed by atoms with Gasteiger partial charge in [-0.25, -0.2) is 22.1 Å². The molecule has 0 radical (unpaired) electrons. The van der Waals surface area contributed by atoms with Crippen LogP contribution >= 0.6 is 0 Å². The number of Topliss-reactive ketones (excluding diaryl/α,β-unsaturated/α-hetero) is 1. The fraction of sp³-hybridized carbons (Fsp3) is 0.294. The van der Waals surface area contributed by atoms with E-state index in [9.17, 15) is 17.6 Å². The summed E-state index contributed by atoms with van der Waals surface area (Å²) in [4.78, 5) is 24.5. The molecule has 1 aliphatic heterocycles. The van der Waals surface area contributed by atoms with Crippen LogP contribution in [0.15, 0.2) is 41.8 Å². The first-order chi connectivity index (χ1) is 12.6. The number of aromatic nitrogens is 2. The van der Waals surface area contributed by atoms with Crippen LogP contribution in [0.3, 0.4) is 0 Å². The van der Waals surface area contributed by atoms with Gasteiger partial charge in [-0.3, -0.25) is 14.8 Å². The molecule has 2 aromatic heterocycles. The maximum atomic E-state index is 12.9. The Kier molecular flexibility index (Phi) is 4.68. The van der Waals surface area contributed by atoms with Gasteiger partial charge in [0.1, 0.15) is 17.1 Å². The molecule has 0 amide bonds. The number of nitrogens with two attached hydrogens (primary N) is 1. The second kappa shape index (κ2) is 6.69. The molecular formula is C17H18FN5O3S. The molecule has 0 saturated heterocycles. The standard InChI is InChI=1S/C17H18FN5O3S/c1-17(10-27(25,26)23(2)16(19)22-17)12-5-11(7-20-8-12)6-15(24)14-4-3-13(18)9-21-14/h3-5,7-9H,6,10H2,1-2H3,(H2,19,22)/t17-/m0/s1. The van der Waals surface area contributed by atoms with E-state index in [0.29, 0.717) is 11.1 Å². The lowest BCUT2D eigenvalue weighted by Gasteiger charge is -2.34. The second-order valence-corrected chi connectivity index (χ2v) is 8.51. The Morgan fingerprint density at radius 3 is 2.70 bits per heavy atom. The summed E-state index contributed by atoms with van der Waals surface area (Å²) >= 11 is 0. The summed E-state index contributed by atoms with van der Waals surface area (Å²) in [5.74, 6) is -1.21. The van der Waals surface area contributed by atoms with Gasteiger partial charge in [-0.2, -0.15) is 0 Å². The summed E-state index contributed by atoms with van der Waals surface area (Å²) in [7, 11) is -2.27. The topological polar surface area (TPSA) is 119 Å². The zero-order chi connectivity index (χ0) is 19.8. The number of ketones is 1. The van der Waals surface area contributed by atoms with Crippen LogP contribution in [-0.4, -0.2) is 47.2 Å². The van der Waals surface area contributed by atoms with Crippen LogP contribution in [-0.2, 0) is 22.0 Å². The minimum Gasteiger partial charge on any atom is -0.369 e. The van der Waals surface area contributed by atoms with E-state index in [1.165, 1.54) is 25.5 Å². The lowest BCUT2D eigenvalue weighted by molar-refractivity contribution is 0.0988. The van der Waals surface area contributed by atoms with Crippen molar-refractivity contribution in [1.29, 1.82) is 0 Å². The van der Waals surface area contributed by atoms with Gasteiger partial charge in [0.15, 0.2) is 5.78 Å². The smallest absolute Gasteiger partial charge is 0.239 e. The van der Waals surface area contributed by atoms with E-state index in [4.69, 9.17) is 5.73 Å². The van der Waals surface area contributed by atoms with Crippen molar-refractivity contribution in [3.05, 3.63) is 59.4 Å². The summed E-state index contributed by atoms with van der Waals surface area (Å²) in [6.07, 6.45) is 3.97. The lowest BCUT2D eigenvalue weighted by Crippen LogP contribution is -2.50. The van der Waals surface area contributed by atoms with Crippen LogP contribution in [0.4, 0.5) is 4.39 Å². The summed E-state index contributed by atoms with van der Waals surface area (Å²) < 4.78 is 38.5. The maximum absolute atomic E-state index is 12.9. The molecule has 0 aliphatic carbocycles. The van der Waals surface area contributed by atoms with Crippen molar-refractivity contribution in [3.8, 4) is 0 Å². The molecule has 1 atom stereocenters.